The average molecular weight is 245 g/mol. The van der Waals surface area contributed by atoms with E-state index < -0.39 is 0 Å². The fourth-order valence-electron chi connectivity index (χ4n) is 3.01. The first-order valence-electron chi connectivity index (χ1n) is 7.67. The van der Waals surface area contributed by atoms with Gasteiger partial charge in [0, 0.05) is 6.04 Å². The third-order valence-corrected chi connectivity index (χ3v) is 3.97. The van der Waals surface area contributed by atoms with Gasteiger partial charge in [0.2, 0.25) is 0 Å². The Morgan fingerprint density at radius 2 is 1.94 bits per heavy atom. The summed E-state index contributed by atoms with van der Waals surface area (Å²) < 4.78 is 0. The third-order valence-electron chi connectivity index (χ3n) is 3.97. The van der Waals surface area contributed by atoms with E-state index in [-0.39, 0.29) is 0 Å². The van der Waals surface area contributed by atoms with Gasteiger partial charge in [-0.1, -0.05) is 38.5 Å². The Balaban J connectivity index is 1.97. The summed E-state index contributed by atoms with van der Waals surface area (Å²) in [5.41, 5.74) is 4.73. The fourth-order valence-corrected chi connectivity index (χ4v) is 3.01. The molecule has 0 bridgehead atoms. The number of rotatable bonds is 7. The molecule has 0 aromatic heterocycles. The van der Waals surface area contributed by atoms with E-state index in [9.17, 15) is 0 Å². The Hall–Kier alpha value is -0.820. The summed E-state index contributed by atoms with van der Waals surface area (Å²) in [5.74, 6) is 0. The number of hydrogen-bond acceptors (Lipinski definition) is 1. The molecule has 0 spiro atoms. The summed E-state index contributed by atoms with van der Waals surface area (Å²) >= 11 is 0. The molecule has 2 rings (SSSR count). The van der Waals surface area contributed by atoms with E-state index in [1.165, 1.54) is 50.5 Å². The molecule has 1 atom stereocenters. The number of nitrogens with one attached hydrogen (secondary N) is 1. The van der Waals surface area contributed by atoms with E-state index in [4.69, 9.17) is 0 Å². The molecule has 1 N–H and O–H groups in total. The summed E-state index contributed by atoms with van der Waals surface area (Å²) in [6, 6.07) is 7.83. The number of hydrogen-bond donors (Lipinski definition) is 1. The molecule has 1 aromatic carbocycles. The van der Waals surface area contributed by atoms with Gasteiger partial charge in [0.15, 0.2) is 0 Å². The second-order valence-corrected chi connectivity index (χ2v) is 5.60. The lowest BCUT2D eigenvalue weighted by atomic mass is 9.98. The van der Waals surface area contributed by atoms with Crippen LogP contribution in [0.1, 0.15) is 56.2 Å². The molecule has 1 unspecified atom stereocenters. The van der Waals surface area contributed by atoms with Crippen LogP contribution >= 0.6 is 0 Å². The van der Waals surface area contributed by atoms with Crippen molar-refractivity contribution in [3.8, 4) is 0 Å². The lowest BCUT2D eigenvalue weighted by Gasteiger charge is -2.18. The maximum Gasteiger partial charge on any atom is 0.0107 e. The van der Waals surface area contributed by atoms with E-state index >= 15 is 0 Å². The molecular weight excluding hydrogens is 218 g/mol. The molecule has 18 heavy (non-hydrogen) atoms. The Labute approximate surface area is 112 Å². The van der Waals surface area contributed by atoms with Gasteiger partial charge < -0.3 is 5.32 Å². The molecule has 0 aliphatic heterocycles. The molecule has 1 aliphatic carbocycles. The van der Waals surface area contributed by atoms with Crippen LogP contribution in [-0.2, 0) is 19.3 Å². The Morgan fingerprint density at radius 1 is 1.11 bits per heavy atom. The van der Waals surface area contributed by atoms with Gasteiger partial charge in [0.05, 0.1) is 0 Å². The van der Waals surface area contributed by atoms with Gasteiger partial charge in [-0.15, -0.1) is 0 Å². The third kappa shape index (κ3) is 3.58. The second-order valence-electron chi connectivity index (χ2n) is 5.60. The van der Waals surface area contributed by atoms with Gasteiger partial charge in [-0.05, 0) is 61.8 Å². The molecule has 1 nitrogen and oxygen atoms in total. The Bertz CT molecular complexity index is 370. The fraction of sp³-hybridized carbons (Fsp3) is 0.647. The van der Waals surface area contributed by atoms with Crippen LogP contribution in [0.5, 0.6) is 0 Å². The monoisotopic (exact) mass is 245 g/mol. The number of aryl methyl sites for hydroxylation is 2. The van der Waals surface area contributed by atoms with E-state index in [1.54, 1.807) is 11.1 Å². The minimum atomic E-state index is 0.661. The van der Waals surface area contributed by atoms with Crippen LogP contribution in [-0.4, -0.2) is 12.6 Å². The second kappa shape index (κ2) is 6.94. The van der Waals surface area contributed by atoms with E-state index in [0.29, 0.717) is 6.04 Å². The van der Waals surface area contributed by atoms with Gasteiger partial charge in [-0.25, -0.2) is 0 Å². The quantitative estimate of drug-likeness (QED) is 0.768. The maximum atomic E-state index is 3.69. The Kier molecular flexibility index (Phi) is 5.25. The molecule has 1 aromatic rings. The average Bonchev–Trinajstić information content (AvgIpc) is 2.83. The van der Waals surface area contributed by atoms with E-state index in [1.807, 2.05) is 0 Å². The Morgan fingerprint density at radius 3 is 2.72 bits per heavy atom. The van der Waals surface area contributed by atoms with Crippen LogP contribution in [0.25, 0.3) is 0 Å². The first-order valence-corrected chi connectivity index (χ1v) is 7.67. The van der Waals surface area contributed by atoms with E-state index in [0.717, 1.165) is 6.54 Å². The number of fused-ring (bicyclic) bond motifs is 1. The van der Waals surface area contributed by atoms with Crippen LogP contribution < -0.4 is 5.32 Å². The van der Waals surface area contributed by atoms with Crippen molar-refractivity contribution in [1.29, 1.82) is 0 Å². The van der Waals surface area contributed by atoms with Gasteiger partial charge in [0.1, 0.15) is 0 Å². The zero-order valence-electron chi connectivity index (χ0n) is 12.0. The van der Waals surface area contributed by atoms with Gasteiger partial charge in [0.25, 0.3) is 0 Å². The molecule has 1 aliphatic rings. The molecule has 0 fully saturated rings. The predicted octanol–water partition coefficient (Wildman–Crippen LogP) is 3.89. The van der Waals surface area contributed by atoms with Crippen LogP contribution in [0, 0.1) is 0 Å². The summed E-state index contributed by atoms with van der Waals surface area (Å²) in [6.45, 7) is 5.67. The molecule has 0 radical (unpaired) electrons. The van der Waals surface area contributed by atoms with Crippen molar-refractivity contribution in [2.75, 3.05) is 6.54 Å². The highest BCUT2D eigenvalue weighted by molar-refractivity contribution is 5.35. The molecule has 0 amide bonds. The molecule has 100 valence electrons. The first kappa shape index (κ1) is 13.6. The van der Waals surface area contributed by atoms with Gasteiger partial charge in [-0.3, -0.25) is 0 Å². The normalized spacial score (nSPS) is 15.7. The van der Waals surface area contributed by atoms with Crippen LogP contribution in [0.15, 0.2) is 18.2 Å². The zero-order valence-corrected chi connectivity index (χ0v) is 12.0. The lowest BCUT2D eigenvalue weighted by Crippen LogP contribution is -2.31. The van der Waals surface area contributed by atoms with Crippen molar-refractivity contribution in [1.82, 2.24) is 5.32 Å². The van der Waals surface area contributed by atoms with Crippen molar-refractivity contribution in [3.05, 3.63) is 34.9 Å². The number of benzene rings is 1. The zero-order chi connectivity index (χ0) is 12.8. The van der Waals surface area contributed by atoms with E-state index in [2.05, 4.69) is 37.4 Å². The van der Waals surface area contributed by atoms with Crippen molar-refractivity contribution in [3.63, 3.8) is 0 Å². The summed E-state index contributed by atoms with van der Waals surface area (Å²) in [4.78, 5) is 0. The topological polar surface area (TPSA) is 12.0 Å². The molecule has 1 heteroatoms. The lowest BCUT2D eigenvalue weighted by molar-refractivity contribution is 0.473. The molecule has 0 saturated carbocycles. The largest absolute Gasteiger partial charge is 0.314 e. The molecular formula is C17H27N. The van der Waals surface area contributed by atoms with Crippen LogP contribution in [0.4, 0.5) is 0 Å². The summed E-state index contributed by atoms with van der Waals surface area (Å²) in [5, 5.41) is 3.69. The molecule has 0 heterocycles. The standard InChI is InChI=1S/C17H27N/c1-3-6-17(18-11-4-2)13-14-9-10-15-7-5-8-16(15)12-14/h9-10,12,17-18H,3-8,11,13H2,1-2H3. The summed E-state index contributed by atoms with van der Waals surface area (Å²) in [7, 11) is 0. The van der Waals surface area contributed by atoms with Crippen LogP contribution in [0.3, 0.4) is 0 Å². The van der Waals surface area contributed by atoms with Crippen molar-refractivity contribution >= 4 is 0 Å². The highest BCUT2D eigenvalue weighted by atomic mass is 14.9. The maximum absolute atomic E-state index is 3.69. The SMILES string of the molecule is CCCNC(CCC)Cc1ccc2c(c1)CCC2. The highest BCUT2D eigenvalue weighted by Crippen LogP contribution is 2.23. The minimum Gasteiger partial charge on any atom is -0.314 e. The van der Waals surface area contributed by atoms with Gasteiger partial charge >= 0.3 is 0 Å². The minimum absolute atomic E-state index is 0.661. The summed E-state index contributed by atoms with van der Waals surface area (Å²) in [6.07, 6.45) is 8.92. The highest BCUT2D eigenvalue weighted by Gasteiger charge is 2.13. The first-order chi connectivity index (χ1) is 8.83. The molecule has 0 saturated heterocycles. The van der Waals surface area contributed by atoms with Crippen molar-refractivity contribution in [2.24, 2.45) is 0 Å². The predicted molar refractivity (Wildman–Crippen MR) is 79.2 cm³/mol. The van der Waals surface area contributed by atoms with Crippen molar-refractivity contribution in [2.45, 2.75) is 64.8 Å². The van der Waals surface area contributed by atoms with Crippen LogP contribution in [0.2, 0.25) is 0 Å². The van der Waals surface area contributed by atoms with Crippen molar-refractivity contribution < 1.29 is 0 Å². The smallest absolute Gasteiger partial charge is 0.0107 e. The van der Waals surface area contributed by atoms with Gasteiger partial charge in [-0.2, -0.15) is 0 Å².